The average Bonchev–Trinajstić information content (AvgIpc) is 2.64. The number of aliphatic hydroxyl groups is 1. The summed E-state index contributed by atoms with van der Waals surface area (Å²) in [6.07, 6.45) is 2.81. The number of nitrogens with zero attached hydrogens (tertiary/aromatic N) is 3. The fourth-order valence-corrected chi connectivity index (χ4v) is 2.80. The summed E-state index contributed by atoms with van der Waals surface area (Å²) >= 11 is 0. The smallest absolute Gasteiger partial charge is 0.321 e. The number of amides is 2. The standard InChI is InChI=1S/C18H22N4O2/c23-17(15-4-2-1-3-5-15)14-21-10-12-22(13-11-21)18(24)20-16-6-8-19-9-7-16/h1-9,17,23H,10-14H2,(H,19,20,24)/t17-/m1/s1. The van der Waals surface area contributed by atoms with Crippen LogP contribution in [0.1, 0.15) is 11.7 Å². The summed E-state index contributed by atoms with van der Waals surface area (Å²) in [6.45, 7) is 3.40. The van der Waals surface area contributed by atoms with E-state index in [1.807, 2.05) is 30.3 Å². The highest BCUT2D eigenvalue weighted by molar-refractivity contribution is 5.89. The van der Waals surface area contributed by atoms with Crippen molar-refractivity contribution < 1.29 is 9.90 Å². The molecule has 0 saturated carbocycles. The van der Waals surface area contributed by atoms with E-state index in [1.54, 1.807) is 29.4 Å². The maximum Gasteiger partial charge on any atom is 0.321 e. The Balaban J connectivity index is 1.46. The summed E-state index contributed by atoms with van der Waals surface area (Å²) in [5.74, 6) is 0. The van der Waals surface area contributed by atoms with Gasteiger partial charge in [-0.3, -0.25) is 9.88 Å². The molecule has 0 spiro atoms. The normalized spacial score (nSPS) is 16.6. The molecule has 6 nitrogen and oxygen atoms in total. The predicted molar refractivity (Wildman–Crippen MR) is 92.7 cm³/mol. The molecule has 0 aliphatic carbocycles. The molecule has 3 rings (SSSR count). The molecule has 1 aliphatic heterocycles. The molecule has 1 aliphatic rings. The Morgan fingerprint density at radius 2 is 1.75 bits per heavy atom. The van der Waals surface area contributed by atoms with Gasteiger partial charge in [-0.05, 0) is 17.7 Å². The van der Waals surface area contributed by atoms with Gasteiger partial charge in [0.2, 0.25) is 0 Å². The largest absolute Gasteiger partial charge is 0.387 e. The summed E-state index contributed by atoms with van der Waals surface area (Å²) in [7, 11) is 0. The van der Waals surface area contributed by atoms with Crippen molar-refractivity contribution in [3.8, 4) is 0 Å². The number of aromatic nitrogens is 1. The highest BCUT2D eigenvalue weighted by Crippen LogP contribution is 2.15. The molecule has 1 saturated heterocycles. The number of nitrogens with one attached hydrogen (secondary N) is 1. The van der Waals surface area contributed by atoms with Crippen LogP contribution < -0.4 is 5.32 Å². The monoisotopic (exact) mass is 326 g/mol. The Kier molecular flexibility index (Phi) is 5.40. The van der Waals surface area contributed by atoms with Gasteiger partial charge < -0.3 is 15.3 Å². The lowest BCUT2D eigenvalue weighted by atomic mass is 10.1. The number of carbonyl (C=O) groups is 1. The van der Waals surface area contributed by atoms with E-state index >= 15 is 0 Å². The van der Waals surface area contributed by atoms with Crippen molar-refractivity contribution in [3.05, 3.63) is 60.4 Å². The Labute approximate surface area is 141 Å². The molecule has 1 fully saturated rings. The lowest BCUT2D eigenvalue weighted by Crippen LogP contribution is -2.50. The number of pyridine rings is 1. The Morgan fingerprint density at radius 1 is 1.08 bits per heavy atom. The molecule has 0 bridgehead atoms. The van der Waals surface area contributed by atoms with E-state index < -0.39 is 6.10 Å². The second kappa shape index (κ2) is 7.90. The van der Waals surface area contributed by atoms with E-state index in [9.17, 15) is 9.90 Å². The first-order chi connectivity index (χ1) is 11.7. The molecule has 1 aromatic carbocycles. The summed E-state index contributed by atoms with van der Waals surface area (Å²) in [5, 5.41) is 13.2. The van der Waals surface area contributed by atoms with Gasteiger partial charge in [-0.15, -0.1) is 0 Å². The summed E-state index contributed by atoms with van der Waals surface area (Å²) in [6, 6.07) is 13.1. The number of aliphatic hydroxyl groups excluding tert-OH is 1. The fraction of sp³-hybridized carbons (Fsp3) is 0.333. The van der Waals surface area contributed by atoms with E-state index in [-0.39, 0.29) is 6.03 Å². The third kappa shape index (κ3) is 4.31. The molecule has 24 heavy (non-hydrogen) atoms. The molecule has 6 heteroatoms. The topological polar surface area (TPSA) is 68.7 Å². The van der Waals surface area contributed by atoms with Gasteiger partial charge in [-0.1, -0.05) is 30.3 Å². The Hall–Kier alpha value is -2.44. The Bertz CT molecular complexity index is 643. The van der Waals surface area contributed by atoms with Crippen LogP contribution in [-0.2, 0) is 0 Å². The van der Waals surface area contributed by atoms with Gasteiger partial charge in [0.05, 0.1) is 6.10 Å². The number of hydrogen-bond donors (Lipinski definition) is 2. The van der Waals surface area contributed by atoms with Crippen molar-refractivity contribution >= 4 is 11.7 Å². The number of carbonyl (C=O) groups excluding carboxylic acids is 1. The molecule has 0 unspecified atom stereocenters. The lowest BCUT2D eigenvalue weighted by molar-refractivity contribution is 0.0831. The summed E-state index contributed by atoms with van der Waals surface area (Å²) in [5.41, 5.74) is 1.67. The zero-order valence-corrected chi connectivity index (χ0v) is 13.5. The molecule has 1 aromatic heterocycles. The number of urea groups is 1. The first kappa shape index (κ1) is 16.4. The van der Waals surface area contributed by atoms with Gasteiger partial charge >= 0.3 is 6.03 Å². The third-order valence-corrected chi connectivity index (χ3v) is 4.21. The van der Waals surface area contributed by atoms with Gasteiger partial charge in [0.25, 0.3) is 0 Å². The second-order valence-electron chi connectivity index (χ2n) is 5.88. The van der Waals surface area contributed by atoms with E-state index in [1.165, 1.54) is 0 Å². The fourth-order valence-electron chi connectivity index (χ4n) is 2.80. The van der Waals surface area contributed by atoms with E-state index in [0.717, 1.165) is 24.3 Å². The first-order valence-corrected chi connectivity index (χ1v) is 8.14. The molecular weight excluding hydrogens is 304 g/mol. The molecule has 2 aromatic rings. The van der Waals surface area contributed by atoms with Crippen LogP contribution in [0.15, 0.2) is 54.9 Å². The van der Waals surface area contributed by atoms with E-state index in [4.69, 9.17) is 0 Å². The maximum atomic E-state index is 12.2. The second-order valence-corrected chi connectivity index (χ2v) is 5.88. The lowest BCUT2D eigenvalue weighted by Gasteiger charge is -2.35. The van der Waals surface area contributed by atoms with Crippen LogP contribution in [0.2, 0.25) is 0 Å². The van der Waals surface area contributed by atoms with Crippen LogP contribution in [0.3, 0.4) is 0 Å². The number of rotatable bonds is 4. The zero-order valence-electron chi connectivity index (χ0n) is 13.5. The van der Waals surface area contributed by atoms with Gasteiger partial charge in [-0.25, -0.2) is 4.79 Å². The minimum Gasteiger partial charge on any atom is -0.387 e. The van der Waals surface area contributed by atoms with Gasteiger partial charge in [0.1, 0.15) is 0 Å². The van der Waals surface area contributed by atoms with Crippen LogP contribution in [0, 0.1) is 0 Å². The van der Waals surface area contributed by atoms with Gasteiger partial charge in [-0.2, -0.15) is 0 Å². The maximum absolute atomic E-state index is 12.2. The van der Waals surface area contributed by atoms with Gasteiger partial charge in [0, 0.05) is 50.8 Å². The van der Waals surface area contributed by atoms with Crippen molar-refractivity contribution in [2.75, 3.05) is 38.0 Å². The van der Waals surface area contributed by atoms with Crippen LogP contribution in [-0.4, -0.2) is 58.6 Å². The molecule has 2 heterocycles. The highest BCUT2D eigenvalue weighted by Gasteiger charge is 2.22. The van der Waals surface area contributed by atoms with Crippen molar-refractivity contribution in [2.45, 2.75) is 6.10 Å². The number of benzene rings is 1. The number of hydrogen-bond acceptors (Lipinski definition) is 4. The average molecular weight is 326 g/mol. The number of piperazine rings is 1. The minimum absolute atomic E-state index is 0.0931. The van der Waals surface area contributed by atoms with Crippen LogP contribution >= 0.6 is 0 Å². The highest BCUT2D eigenvalue weighted by atomic mass is 16.3. The molecule has 0 radical (unpaired) electrons. The van der Waals surface area contributed by atoms with Crippen LogP contribution in [0.25, 0.3) is 0 Å². The quantitative estimate of drug-likeness (QED) is 0.901. The SMILES string of the molecule is O=C(Nc1ccncc1)N1CCN(C[C@@H](O)c2ccccc2)CC1. The summed E-state index contributed by atoms with van der Waals surface area (Å²) < 4.78 is 0. The molecule has 2 N–H and O–H groups in total. The molecule has 1 atom stereocenters. The van der Waals surface area contributed by atoms with Crippen LogP contribution in [0.5, 0.6) is 0 Å². The number of β-amino-alcohol motifs (C(OH)–C–C–N with tert-alkyl or cyclic N) is 1. The van der Waals surface area contributed by atoms with Gasteiger partial charge in [0.15, 0.2) is 0 Å². The van der Waals surface area contributed by atoms with Crippen molar-refractivity contribution in [1.82, 2.24) is 14.8 Å². The zero-order chi connectivity index (χ0) is 16.8. The summed E-state index contributed by atoms with van der Waals surface area (Å²) in [4.78, 5) is 20.2. The van der Waals surface area contributed by atoms with Crippen molar-refractivity contribution in [1.29, 1.82) is 0 Å². The molecule has 2 amide bonds. The van der Waals surface area contributed by atoms with Crippen molar-refractivity contribution in [3.63, 3.8) is 0 Å². The first-order valence-electron chi connectivity index (χ1n) is 8.14. The van der Waals surface area contributed by atoms with E-state index in [0.29, 0.717) is 19.6 Å². The van der Waals surface area contributed by atoms with Crippen LogP contribution in [0.4, 0.5) is 10.5 Å². The minimum atomic E-state index is -0.497. The van der Waals surface area contributed by atoms with Crippen molar-refractivity contribution in [2.24, 2.45) is 0 Å². The Morgan fingerprint density at radius 3 is 2.42 bits per heavy atom. The van der Waals surface area contributed by atoms with E-state index in [2.05, 4.69) is 15.2 Å². The molecule has 126 valence electrons. The number of anilines is 1. The third-order valence-electron chi connectivity index (χ3n) is 4.21. The predicted octanol–water partition coefficient (Wildman–Crippen LogP) is 1.96. The molecular formula is C18H22N4O2.